The zero-order chi connectivity index (χ0) is 26.2. The Kier molecular flexibility index (Phi) is 6.62. The van der Waals surface area contributed by atoms with Crippen LogP contribution in [0.1, 0.15) is 51.7 Å². The maximum atomic E-state index is 14.0. The number of hydrogen-bond donors (Lipinski definition) is 1. The maximum absolute atomic E-state index is 14.0. The van der Waals surface area contributed by atoms with Gasteiger partial charge in [-0.3, -0.25) is 0 Å². The van der Waals surface area contributed by atoms with Gasteiger partial charge in [-0.05, 0) is 78.8 Å². The fraction of sp³-hybridized carbons (Fsp3) is 0.323. The summed E-state index contributed by atoms with van der Waals surface area (Å²) in [7, 11) is 5.76. The molecule has 0 saturated carbocycles. The van der Waals surface area contributed by atoms with Crippen LogP contribution < -0.4 is 15.0 Å². The number of aromatic nitrogens is 1. The van der Waals surface area contributed by atoms with Crippen molar-refractivity contribution in [2.24, 2.45) is 0 Å². The van der Waals surface area contributed by atoms with Gasteiger partial charge in [-0.1, -0.05) is 24.3 Å². The highest BCUT2D eigenvalue weighted by atomic mass is 32.1. The van der Waals surface area contributed by atoms with Crippen LogP contribution in [0.15, 0.2) is 66.9 Å². The van der Waals surface area contributed by atoms with Gasteiger partial charge in [-0.25, -0.2) is 4.79 Å². The minimum atomic E-state index is -0.203. The molecule has 2 aliphatic rings. The van der Waals surface area contributed by atoms with E-state index < -0.39 is 0 Å². The van der Waals surface area contributed by atoms with Crippen molar-refractivity contribution in [2.75, 3.05) is 26.1 Å². The third kappa shape index (κ3) is 4.45. The molecular formula is C31H34N4O2S. The predicted octanol–water partition coefficient (Wildman–Crippen LogP) is 6.31. The van der Waals surface area contributed by atoms with Crippen LogP contribution in [0, 0.1) is 0 Å². The lowest BCUT2D eigenvalue weighted by Crippen LogP contribution is -2.41. The highest BCUT2D eigenvalue weighted by molar-refractivity contribution is 7.15. The van der Waals surface area contributed by atoms with Crippen molar-refractivity contribution in [3.63, 3.8) is 0 Å². The molecule has 6 rings (SSSR count). The first-order valence-electron chi connectivity index (χ1n) is 13.3. The number of anilines is 1. The SMILES string of the molecule is COc1cccc(CNC(=O)N2Cc3c(sc4c3CCCC4)-n3cccc3C2c2ccc(N(C)C)cc2)c1. The van der Waals surface area contributed by atoms with Gasteiger partial charge in [-0.15, -0.1) is 11.3 Å². The average molecular weight is 527 g/mol. The molecule has 2 aromatic carbocycles. The molecule has 0 bridgehead atoms. The van der Waals surface area contributed by atoms with E-state index in [1.165, 1.54) is 33.8 Å². The van der Waals surface area contributed by atoms with E-state index in [1.807, 2.05) is 54.6 Å². The molecular weight excluding hydrogens is 492 g/mol. The second-order valence-corrected chi connectivity index (χ2v) is 11.4. The number of nitrogens with zero attached hydrogens (tertiary/aromatic N) is 3. The fourth-order valence-corrected chi connectivity index (χ4v) is 7.16. The molecule has 4 aromatic rings. The Morgan fingerprint density at radius 3 is 2.66 bits per heavy atom. The largest absolute Gasteiger partial charge is 0.497 e. The number of hydrogen-bond acceptors (Lipinski definition) is 4. The zero-order valence-corrected chi connectivity index (χ0v) is 23.1. The number of benzene rings is 2. The summed E-state index contributed by atoms with van der Waals surface area (Å²) in [6, 6.07) is 20.5. The number of rotatable bonds is 5. The number of thiophene rings is 1. The van der Waals surface area contributed by atoms with Crippen molar-refractivity contribution in [1.82, 2.24) is 14.8 Å². The lowest BCUT2D eigenvalue weighted by molar-refractivity contribution is 0.180. The van der Waals surface area contributed by atoms with Gasteiger partial charge in [0, 0.05) is 43.0 Å². The van der Waals surface area contributed by atoms with Crippen LogP contribution in [0.2, 0.25) is 0 Å². The summed E-state index contributed by atoms with van der Waals surface area (Å²) in [5.74, 6) is 0.790. The summed E-state index contributed by atoms with van der Waals surface area (Å²) in [4.78, 5) is 19.7. The van der Waals surface area contributed by atoms with E-state index in [9.17, 15) is 4.79 Å². The smallest absolute Gasteiger partial charge is 0.318 e. The van der Waals surface area contributed by atoms with Gasteiger partial charge in [0.15, 0.2) is 0 Å². The van der Waals surface area contributed by atoms with E-state index in [1.54, 1.807) is 7.11 Å². The molecule has 3 heterocycles. The lowest BCUT2D eigenvalue weighted by atomic mass is 9.95. The van der Waals surface area contributed by atoms with Crippen molar-refractivity contribution in [2.45, 2.75) is 44.8 Å². The molecule has 0 fully saturated rings. The molecule has 6 nitrogen and oxygen atoms in total. The Morgan fingerprint density at radius 1 is 1.05 bits per heavy atom. The first-order chi connectivity index (χ1) is 18.5. The fourth-order valence-electron chi connectivity index (χ4n) is 5.75. The minimum Gasteiger partial charge on any atom is -0.497 e. The first kappa shape index (κ1) is 24.6. The number of methoxy groups -OCH3 is 1. The second kappa shape index (κ2) is 10.2. The average Bonchev–Trinajstić information content (AvgIpc) is 3.54. The molecule has 196 valence electrons. The molecule has 1 N–H and O–H groups in total. The third-order valence-electron chi connectivity index (χ3n) is 7.74. The molecule has 0 saturated heterocycles. The second-order valence-electron chi connectivity index (χ2n) is 10.3. The highest BCUT2D eigenvalue weighted by Gasteiger charge is 2.36. The number of ether oxygens (including phenoxy) is 1. The van der Waals surface area contributed by atoms with E-state index in [0.717, 1.165) is 41.1 Å². The zero-order valence-electron chi connectivity index (χ0n) is 22.2. The summed E-state index contributed by atoms with van der Waals surface area (Å²) in [5.41, 5.74) is 7.15. The van der Waals surface area contributed by atoms with E-state index in [2.05, 4.69) is 57.4 Å². The molecule has 1 aliphatic carbocycles. The lowest BCUT2D eigenvalue weighted by Gasteiger charge is -2.31. The quantitative estimate of drug-likeness (QED) is 0.332. The van der Waals surface area contributed by atoms with E-state index in [-0.39, 0.29) is 12.1 Å². The predicted molar refractivity (Wildman–Crippen MR) is 154 cm³/mol. The molecule has 1 aliphatic heterocycles. The van der Waals surface area contributed by atoms with Crippen molar-refractivity contribution >= 4 is 23.1 Å². The normalized spacial score (nSPS) is 16.2. The highest BCUT2D eigenvalue weighted by Crippen LogP contribution is 2.44. The van der Waals surface area contributed by atoms with Crippen LogP contribution in [-0.2, 0) is 25.9 Å². The van der Waals surface area contributed by atoms with Gasteiger partial charge < -0.3 is 24.4 Å². The van der Waals surface area contributed by atoms with E-state index in [4.69, 9.17) is 4.74 Å². The van der Waals surface area contributed by atoms with Gasteiger partial charge in [0.1, 0.15) is 10.8 Å². The number of carbonyl (C=O) groups is 1. The summed E-state index contributed by atoms with van der Waals surface area (Å²) >= 11 is 1.91. The molecule has 2 amide bonds. The van der Waals surface area contributed by atoms with E-state index >= 15 is 0 Å². The third-order valence-corrected chi connectivity index (χ3v) is 9.08. The van der Waals surface area contributed by atoms with Gasteiger partial charge in [0.2, 0.25) is 0 Å². The van der Waals surface area contributed by atoms with Gasteiger partial charge >= 0.3 is 6.03 Å². The summed E-state index contributed by atoms with van der Waals surface area (Å²) in [5, 5.41) is 4.49. The Hall–Kier alpha value is -3.71. The summed E-state index contributed by atoms with van der Waals surface area (Å²) < 4.78 is 7.71. The Balaban J connectivity index is 1.41. The molecule has 1 atom stereocenters. The Morgan fingerprint density at radius 2 is 1.87 bits per heavy atom. The van der Waals surface area contributed by atoms with E-state index in [0.29, 0.717) is 13.1 Å². The van der Waals surface area contributed by atoms with Crippen LogP contribution in [0.5, 0.6) is 5.75 Å². The van der Waals surface area contributed by atoms with Crippen molar-refractivity contribution < 1.29 is 9.53 Å². The number of carbonyl (C=O) groups excluding carboxylic acids is 1. The Bertz CT molecular complexity index is 1450. The number of fused-ring (bicyclic) bond motifs is 5. The topological polar surface area (TPSA) is 49.7 Å². The van der Waals surface area contributed by atoms with Crippen LogP contribution in [-0.4, -0.2) is 36.7 Å². The number of amides is 2. The Labute approximate surface area is 228 Å². The van der Waals surface area contributed by atoms with Crippen molar-refractivity contribution in [3.8, 4) is 10.8 Å². The number of urea groups is 1. The molecule has 0 spiro atoms. The van der Waals surface area contributed by atoms with Gasteiger partial charge in [0.25, 0.3) is 0 Å². The van der Waals surface area contributed by atoms with Crippen LogP contribution in [0.4, 0.5) is 10.5 Å². The van der Waals surface area contributed by atoms with Crippen molar-refractivity contribution in [3.05, 3.63) is 99.7 Å². The molecule has 0 radical (unpaired) electrons. The molecule has 38 heavy (non-hydrogen) atoms. The van der Waals surface area contributed by atoms with Crippen LogP contribution >= 0.6 is 11.3 Å². The maximum Gasteiger partial charge on any atom is 0.318 e. The van der Waals surface area contributed by atoms with Crippen LogP contribution in [0.3, 0.4) is 0 Å². The van der Waals surface area contributed by atoms with Crippen LogP contribution in [0.25, 0.3) is 5.00 Å². The van der Waals surface area contributed by atoms with Gasteiger partial charge in [0.05, 0.1) is 25.4 Å². The minimum absolute atomic E-state index is 0.0640. The monoisotopic (exact) mass is 526 g/mol. The number of aryl methyl sites for hydroxylation is 1. The molecule has 7 heteroatoms. The number of nitrogens with one attached hydrogen (secondary N) is 1. The molecule has 2 aromatic heterocycles. The molecule has 1 unspecified atom stereocenters. The summed E-state index contributed by atoms with van der Waals surface area (Å²) in [6.45, 7) is 1.03. The van der Waals surface area contributed by atoms with Crippen molar-refractivity contribution in [1.29, 1.82) is 0 Å². The standard InChI is InChI=1S/C31H34N4O2S/c1-33(2)23-15-13-22(14-16-23)29-27-11-7-17-34(27)30-26(25-10-4-5-12-28(25)38-30)20-35(29)31(36)32-19-21-8-6-9-24(18-21)37-3/h6-9,11,13-18,29H,4-5,10,12,19-20H2,1-3H3,(H,32,36). The first-order valence-corrected chi connectivity index (χ1v) is 14.1. The van der Waals surface area contributed by atoms with Gasteiger partial charge in [-0.2, -0.15) is 0 Å². The summed E-state index contributed by atoms with van der Waals surface area (Å²) in [6.07, 6.45) is 6.86.